The lowest BCUT2D eigenvalue weighted by molar-refractivity contribution is -0.129. The van der Waals surface area contributed by atoms with E-state index in [1.165, 1.54) is 0 Å². The number of thiazole rings is 1. The number of hydrogen-bond acceptors (Lipinski definition) is 4. The number of rotatable bonds is 4. The van der Waals surface area contributed by atoms with E-state index in [9.17, 15) is 4.79 Å². The van der Waals surface area contributed by atoms with Crippen molar-refractivity contribution in [1.29, 1.82) is 0 Å². The van der Waals surface area contributed by atoms with Crippen molar-refractivity contribution in [2.24, 2.45) is 11.1 Å². The van der Waals surface area contributed by atoms with Crippen LogP contribution < -0.4 is 11.1 Å². The molecule has 0 aliphatic rings. The van der Waals surface area contributed by atoms with Crippen LogP contribution in [0.15, 0.2) is 5.38 Å². The lowest BCUT2D eigenvalue weighted by Gasteiger charge is -2.20. The first kappa shape index (κ1) is 12.1. The van der Waals surface area contributed by atoms with Gasteiger partial charge in [-0.05, 0) is 20.8 Å². The van der Waals surface area contributed by atoms with Crippen molar-refractivity contribution in [1.82, 2.24) is 10.3 Å². The summed E-state index contributed by atoms with van der Waals surface area (Å²) in [6.07, 6.45) is 0. The molecule has 0 fully saturated rings. The number of aromatic nitrogens is 1. The summed E-state index contributed by atoms with van der Waals surface area (Å²) in [7, 11) is 0. The maximum atomic E-state index is 11.7. The average molecular weight is 227 g/mol. The fourth-order valence-electron chi connectivity index (χ4n) is 0.972. The molecule has 15 heavy (non-hydrogen) atoms. The van der Waals surface area contributed by atoms with E-state index >= 15 is 0 Å². The molecule has 1 rings (SSSR count). The second kappa shape index (κ2) is 4.72. The fourth-order valence-corrected chi connectivity index (χ4v) is 1.68. The van der Waals surface area contributed by atoms with Crippen LogP contribution in [0, 0.1) is 12.3 Å². The molecule has 4 nitrogen and oxygen atoms in total. The zero-order valence-corrected chi connectivity index (χ0v) is 10.1. The second-order valence-corrected chi connectivity index (χ2v) is 5.10. The number of aryl methyl sites for hydroxylation is 1. The summed E-state index contributed by atoms with van der Waals surface area (Å²) >= 11 is 1.55. The van der Waals surface area contributed by atoms with Crippen LogP contribution in [0.25, 0.3) is 0 Å². The fraction of sp³-hybridized carbons (Fsp3) is 0.600. The molecule has 1 amide bonds. The third kappa shape index (κ3) is 3.28. The molecule has 84 valence electrons. The molecule has 0 unspecified atom stereocenters. The number of nitrogens with two attached hydrogens (primary N) is 1. The van der Waals surface area contributed by atoms with Crippen molar-refractivity contribution in [3.63, 3.8) is 0 Å². The number of amides is 1. The Morgan fingerprint density at radius 1 is 1.67 bits per heavy atom. The van der Waals surface area contributed by atoms with Crippen molar-refractivity contribution in [2.75, 3.05) is 6.54 Å². The first-order chi connectivity index (χ1) is 6.95. The van der Waals surface area contributed by atoms with Crippen molar-refractivity contribution >= 4 is 17.2 Å². The molecular formula is C10H17N3OS. The summed E-state index contributed by atoms with van der Waals surface area (Å²) < 4.78 is 0. The molecule has 0 atom stereocenters. The zero-order chi connectivity index (χ0) is 11.5. The highest BCUT2D eigenvalue weighted by atomic mass is 32.1. The van der Waals surface area contributed by atoms with Gasteiger partial charge in [-0.3, -0.25) is 4.79 Å². The van der Waals surface area contributed by atoms with Crippen molar-refractivity contribution in [3.05, 3.63) is 16.1 Å². The Kier molecular flexibility index (Phi) is 3.82. The van der Waals surface area contributed by atoms with Crippen LogP contribution in [0.2, 0.25) is 0 Å². The molecule has 0 saturated carbocycles. The minimum Gasteiger partial charge on any atom is -0.349 e. The minimum atomic E-state index is -0.508. The van der Waals surface area contributed by atoms with Crippen LogP contribution in [0.3, 0.4) is 0 Å². The standard InChI is InChI=1S/C10H17N3OS/c1-7-5-15-8(13-7)4-12-9(14)10(2,3)6-11/h5H,4,6,11H2,1-3H3,(H,12,14). The predicted molar refractivity (Wildman–Crippen MR) is 61.5 cm³/mol. The molecule has 5 heteroatoms. The lowest BCUT2D eigenvalue weighted by atomic mass is 9.93. The molecule has 1 heterocycles. The number of nitrogens with one attached hydrogen (secondary N) is 1. The zero-order valence-electron chi connectivity index (χ0n) is 9.33. The minimum absolute atomic E-state index is 0.0298. The Hall–Kier alpha value is -0.940. The van der Waals surface area contributed by atoms with Gasteiger partial charge in [0, 0.05) is 17.6 Å². The molecular weight excluding hydrogens is 210 g/mol. The number of carbonyl (C=O) groups excluding carboxylic acids is 1. The van der Waals surface area contributed by atoms with Gasteiger partial charge < -0.3 is 11.1 Å². The third-order valence-electron chi connectivity index (χ3n) is 2.19. The van der Waals surface area contributed by atoms with Gasteiger partial charge >= 0.3 is 0 Å². The van der Waals surface area contributed by atoms with E-state index in [1.54, 1.807) is 11.3 Å². The van der Waals surface area contributed by atoms with Crippen LogP contribution in [0.4, 0.5) is 0 Å². The molecule has 1 aromatic rings. The Labute approximate surface area is 93.9 Å². The Bertz CT molecular complexity index is 346. The van der Waals surface area contributed by atoms with Crippen LogP contribution in [0.1, 0.15) is 24.5 Å². The Morgan fingerprint density at radius 2 is 2.33 bits per heavy atom. The van der Waals surface area contributed by atoms with E-state index in [-0.39, 0.29) is 5.91 Å². The summed E-state index contributed by atoms with van der Waals surface area (Å²) in [5, 5.41) is 5.72. The van der Waals surface area contributed by atoms with Gasteiger partial charge in [0.15, 0.2) is 0 Å². The van der Waals surface area contributed by atoms with E-state index in [0.29, 0.717) is 13.1 Å². The third-order valence-corrected chi connectivity index (χ3v) is 3.16. The van der Waals surface area contributed by atoms with Crippen molar-refractivity contribution < 1.29 is 4.79 Å². The van der Waals surface area contributed by atoms with Gasteiger partial charge in [-0.15, -0.1) is 11.3 Å². The van der Waals surface area contributed by atoms with Crippen LogP contribution in [-0.2, 0) is 11.3 Å². The van der Waals surface area contributed by atoms with Crippen LogP contribution in [-0.4, -0.2) is 17.4 Å². The molecule has 0 aliphatic carbocycles. The van der Waals surface area contributed by atoms with E-state index in [2.05, 4.69) is 10.3 Å². The van der Waals surface area contributed by atoms with Crippen molar-refractivity contribution in [2.45, 2.75) is 27.3 Å². The van der Waals surface area contributed by atoms with Gasteiger partial charge in [0.1, 0.15) is 5.01 Å². The molecule has 0 aromatic carbocycles. The van der Waals surface area contributed by atoms with Crippen molar-refractivity contribution in [3.8, 4) is 0 Å². The van der Waals surface area contributed by atoms with Gasteiger partial charge in [-0.2, -0.15) is 0 Å². The van der Waals surface area contributed by atoms with E-state index < -0.39 is 5.41 Å². The average Bonchev–Trinajstić information content (AvgIpc) is 2.60. The quantitative estimate of drug-likeness (QED) is 0.808. The summed E-state index contributed by atoms with van der Waals surface area (Å²) in [6, 6.07) is 0. The van der Waals surface area contributed by atoms with Gasteiger partial charge in [0.25, 0.3) is 0 Å². The largest absolute Gasteiger partial charge is 0.349 e. The second-order valence-electron chi connectivity index (χ2n) is 4.15. The number of nitrogens with zero attached hydrogens (tertiary/aromatic N) is 1. The predicted octanol–water partition coefficient (Wildman–Crippen LogP) is 1.05. The monoisotopic (exact) mass is 227 g/mol. The topological polar surface area (TPSA) is 68.0 Å². The Morgan fingerprint density at radius 3 is 2.80 bits per heavy atom. The highest BCUT2D eigenvalue weighted by Gasteiger charge is 2.25. The van der Waals surface area contributed by atoms with Gasteiger partial charge in [0.05, 0.1) is 12.0 Å². The molecule has 0 bridgehead atoms. The summed E-state index contributed by atoms with van der Waals surface area (Å²) in [5.74, 6) is -0.0298. The number of hydrogen-bond donors (Lipinski definition) is 2. The van der Waals surface area contributed by atoms with Crippen LogP contribution in [0.5, 0.6) is 0 Å². The van der Waals surface area contributed by atoms with Gasteiger partial charge in [0.2, 0.25) is 5.91 Å². The first-order valence-electron chi connectivity index (χ1n) is 4.85. The molecule has 0 spiro atoms. The van der Waals surface area contributed by atoms with Gasteiger partial charge in [-0.1, -0.05) is 0 Å². The lowest BCUT2D eigenvalue weighted by Crippen LogP contribution is -2.41. The molecule has 3 N–H and O–H groups in total. The summed E-state index contributed by atoms with van der Waals surface area (Å²) in [5.41, 5.74) is 5.99. The summed E-state index contributed by atoms with van der Waals surface area (Å²) in [6.45, 7) is 6.42. The van der Waals surface area contributed by atoms with Crippen LogP contribution >= 0.6 is 11.3 Å². The number of carbonyl (C=O) groups is 1. The molecule has 1 aromatic heterocycles. The molecule has 0 aliphatic heterocycles. The highest BCUT2D eigenvalue weighted by Crippen LogP contribution is 2.13. The molecule has 0 radical (unpaired) electrons. The molecule has 0 saturated heterocycles. The normalized spacial score (nSPS) is 11.5. The summed E-state index contributed by atoms with van der Waals surface area (Å²) in [4.78, 5) is 15.9. The first-order valence-corrected chi connectivity index (χ1v) is 5.73. The van der Waals surface area contributed by atoms with Gasteiger partial charge in [-0.25, -0.2) is 4.98 Å². The highest BCUT2D eigenvalue weighted by molar-refractivity contribution is 7.09. The Balaban J connectivity index is 2.47. The maximum Gasteiger partial charge on any atom is 0.227 e. The SMILES string of the molecule is Cc1csc(CNC(=O)C(C)(C)CN)n1. The van der Waals surface area contributed by atoms with E-state index in [1.807, 2.05) is 26.2 Å². The smallest absolute Gasteiger partial charge is 0.227 e. The van der Waals surface area contributed by atoms with E-state index in [4.69, 9.17) is 5.73 Å². The van der Waals surface area contributed by atoms with E-state index in [0.717, 1.165) is 10.7 Å². The maximum absolute atomic E-state index is 11.7.